The number of hydrogen-bond donors (Lipinski definition) is 1. The van der Waals surface area contributed by atoms with Crippen LogP contribution in [0, 0.1) is 13.8 Å². The van der Waals surface area contributed by atoms with E-state index in [4.69, 9.17) is 16.3 Å². The van der Waals surface area contributed by atoms with E-state index in [0.717, 1.165) is 48.9 Å². The molecule has 128 valence electrons. The summed E-state index contributed by atoms with van der Waals surface area (Å²) in [4.78, 5) is 14.3. The number of hydrogen-bond acceptors (Lipinski definition) is 2. The Hall–Kier alpha value is -1.62. The number of quaternary nitrogens is 1. The van der Waals surface area contributed by atoms with Gasteiger partial charge in [-0.3, -0.25) is 4.79 Å². The van der Waals surface area contributed by atoms with Gasteiger partial charge in [-0.15, -0.1) is 0 Å². The molecule has 1 fully saturated rings. The molecule has 0 radical (unpaired) electrons. The summed E-state index contributed by atoms with van der Waals surface area (Å²) >= 11 is 5.99. The number of carbonyl (C=O) groups is 1. The van der Waals surface area contributed by atoms with Crippen molar-refractivity contribution < 1.29 is 14.4 Å². The number of ketones is 1. The zero-order valence-electron chi connectivity index (χ0n) is 14.4. The molecule has 0 saturated carbocycles. The van der Waals surface area contributed by atoms with E-state index in [1.807, 2.05) is 51.1 Å². The van der Waals surface area contributed by atoms with Crippen LogP contribution >= 0.6 is 11.6 Å². The van der Waals surface area contributed by atoms with Crippen molar-refractivity contribution in [3.8, 4) is 5.69 Å². The summed E-state index contributed by atoms with van der Waals surface area (Å²) in [5, 5.41) is 0.710. The summed E-state index contributed by atoms with van der Waals surface area (Å²) in [7, 11) is 0. The molecule has 1 saturated heterocycles. The number of nitrogens with zero attached hydrogens (tertiary/aromatic N) is 1. The van der Waals surface area contributed by atoms with Crippen molar-refractivity contribution in [2.75, 3.05) is 26.3 Å². The first-order chi connectivity index (χ1) is 11.5. The predicted octanol–water partition coefficient (Wildman–Crippen LogP) is 2.23. The molecule has 1 aliphatic rings. The van der Waals surface area contributed by atoms with Crippen LogP contribution in [0.25, 0.3) is 5.69 Å². The largest absolute Gasteiger partial charge is 0.370 e. The quantitative estimate of drug-likeness (QED) is 0.861. The lowest BCUT2D eigenvalue weighted by molar-refractivity contribution is -0.921. The molecule has 0 unspecified atom stereocenters. The first kappa shape index (κ1) is 17.2. The molecule has 1 aliphatic heterocycles. The van der Waals surface area contributed by atoms with Crippen molar-refractivity contribution >= 4 is 17.4 Å². The Balaban J connectivity index is 1.90. The summed E-state index contributed by atoms with van der Waals surface area (Å²) in [5.74, 6) is 0.209. The van der Waals surface area contributed by atoms with Crippen molar-refractivity contribution in [2.24, 2.45) is 0 Å². The molecule has 1 N–H and O–H groups in total. The van der Waals surface area contributed by atoms with Crippen LogP contribution in [0.3, 0.4) is 0 Å². The number of ether oxygens (including phenoxy) is 1. The molecular formula is C19H24ClN2O2+. The van der Waals surface area contributed by atoms with Gasteiger partial charge in [0, 0.05) is 27.7 Å². The van der Waals surface area contributed by atoms with Crippen LogP contribution in [0.4, 0.5) is 0 Å². The minimum Gasteiger partial charge on any atom is -0.370 e. The number of aryl methyl sites for hydroxylation is 1. The van der Waals surface area contributed by atoms with Gasteiger partial charge < -0.3 is 14.2 Å². The minimum absolute atomic E-state index is 0.0481. The summed E-state index contributed by atoms with van der Waals surface area (Å²) in [5.41, 5.74) is 3.88. The van der Waals surface area contributed by atoms with E-state index in [1.165, 1.54) is 4.90 Å². The molecule has 2 aromatic rings. The van der Waals surface area contributed by atoms with Crippen LogP contribution in [0.5, 0.6) is 0 Å². The number of nitrogens with one attached hydrogen (secondary N) is 1. The molecule has 2 heterocycles. The van der Waals surface area contributed by atoms with Crippen LogP contribution in [0.2, 0.25) is 5.02 Å². The number of aromatic nitrogens is 1. The third-order valence-electron chi connectivity index (χ3n) is 4.92. The van der Waals surface area contributed by atoms with Gasteiger partial charge >= 0.3 is 0 Å². The zero-order valence-corrected chi connectivity index (χ0v) is 15.2. The molecule has 4 nitrogen and oxygen atoms in total. The van der Waals surface area contributed by atoms with Crippen LogP contribution in [-0.2, 0) is 4.74 Å². The zero-order chi connectivity index (χ0) is 17.3. The van der Waals surface area contributed by atoms with E-state index < -0.39 is 0 Å². The Morgan fingerprint density at radius 2 is 1.83 bits per heavy atom. The lowest BCUT2D eigenvalue weighted by Crippen LogP contribution is -3.18. The van der Waals surface area contributed by atoms with Crippen molar-refractivity contribution in [2.45, 2.75) is 26.8 Å². The lowest BCUT2D eigenvalue weighted by Gasteiger charge is -2.28. The van der Waals surface area contributed by atoms with E-state index in [9.17, 15) is 4.79 Å². The normalized spacial score (nSPS) is 17.0. The Bertz CT molecular complexity index is 731. The second-order valence-corrected chi connectivity index (χ2v) is 6.89. The number of morpholine rings is 1. The molecule has 24 heavy (non-hydrogen) atoms. The Morgan fingerprint density at radius 3 is 2.46 bits per heavy atom. The molecular weight excluding hydrogens is 324 g/mol. The third-order valence-corrected chi connectivity index (χ3v) is 5.17. The average Bonchev–Trinajstić information content (AvgIpc) is 2.90. The van der Waals surface area contributed by atoms with Gasteiger partial charge in [-0.2, -0.15) is 0 Å². The highest BCUT2D eigenvalue weighted by molar-refractivity contribution is 6.30. The highest BCUT2D eigenvalue weighted by Gasteiger charge is 2.30. The number of Topliss-reactive ketones (excluding diaryl/α,β-unsaturated/α-hetero) is 1. The highest BCUT2D eigenvalue weighted by atomic mass is 35.5. The van der Waals surface area contributed by atoms with E-state index in [-0.39, 0.29) is 11.8 Å². The van der Waals surface area contributed by atoms with Gasteiger partial charge in [-0.05, 0) is 51.1 Å². The van der Waals surface area contributed by atoms with Crippen LogP contribution in [-0.4, -0.2) is 42.7 Å². The molecule has 0 spiro atoms. The number of benzene rings is 1. The van der Waals surface area contributed by atoms with E-state index in [2.05, 4.69) is 4.57 Å². The van der Waals surface area contributed by atoms with Crippen molar-refractivity contribution in [1.82, 2.24) is 4.57 Å². The van der Waals surface area contributed by atoms with Gasteiger partial charge in [0.15, 0.2) is 0 Å². The van der Waals surface area contributed by atoms with E-state index in [0.29, 0.717) is 5.02 Å². The van der Waals surface area contributed by atoms with Gasteiger partial charge in [-0.25, -0.2) is 0 Å². The van der Waals surface area contributed by atoms with Crippen LogP contribution in [0.1, 0.15) is 28.7 Å². The summed E-state index contributed by atoms with van der Waals surface area (Å²) in [6, 6.07) is 9.66. The Labute approximate surface area is 148 Å². The smallest absolute Gasteiger partial charge is 0.221 e. The van der Waals surface area contributed by atoms with Gasteiger partial charge in [-0.1, -0.05) is 11.6 Å². The van der Waals surface area contributed by atoms with Crippen molar-refractivity contribution in [1.29, 1.82) is 0 Å². The van der Waals surface area contributed by atoms with E-state index in [1.54, 1.807) is 0 Å². The van der Waals surface area contributed by atoms with Crippen molar-refractivity contribution in [3.63, 3.8) is 0 Å². The molecule has 0 amide bonds. The topological polar surface area (TPSA) is 35.7 Å². The second-order valence-electron chi connectivity index (χ2n) is 6.45. The molecule has 1 atom stereocenters. The van der Waals surface area contributed by atoms with Crippen LogP contribution < -0.4 is 4.90 Å². The standard InChI is InChI=1S/C19H23ClN2O2/c1-13-12-18(19(23)15(3)21-8-10-24-11-9-21)14(2)22(13)17-6-4-16(20)5-7-17/h4-7,12,15H,8-11H2,1-3H3/p+1/t15-/m1/s1. The van der Waals surface area contributed by atoms with Crippen LogP contribution in [0.15, 0.2) is 30.3 Å². The fourth-order valence-corrected chi connectivity index (χ4v) is 3.61. The predicted molar refractivity (Wildman–Crippen MR) is 95.6 cm³/mol. The maximum absolute atomic E-state index is 13.0. The minimum atomic E-state index is -0.0481. The molecule has 0 bridgehead atoms. The molecule has 0 aliphatic carbocycles. The number of carbonyl (C=O) groups excluding carboxylic acids is 1. The number of rotatable bonds is 4. The molecule has 3 rings (SSSR count). The van der Waals surface area contributed by atoms with Gasteiger partial charge in [0.25, 0.3) is 0 Å². The fourth-order valence-electron chi connectivity index (χ4n) is 3.48. The third kappa shape index (κ3) is 3.27. The molecule has 1 aromatic heterocycles. The van der Waals surface area contributed by atoms with Crippen molar-refractivity contribution in [3.05, 3.63) is 52.3 Å². The molecule has 1 aromatic carbocycles. The second kappa shape index (κ2) is 7.09. The maximum atomic E-state index is 13.0. The Morgan fingerprint density at radius 1 is 1.21 bits per heavy atom. The first-order valence-corrected chi connectivity index (χ1v) is 8.78. The fraction of sp³-hybridized carbons (Fsp3) is 0.421. The van der Waals surface area contributed by atoms with E-state index >= 15 is 0 Å². The maximum Gasteiger partial charge on any atom is 0.221 e. The highest BCUT2D eigenvalue weighted by Crippen LogP contribution is 2.23. The van der Waals surface area contributed by atoms with Gasteiger partial charge in [0.1, 0.15) is 19.1 Å². The first-order valence-electron chi connectivity index (χ1n) is 8.40. The number of halogens is 1. The molecule has 5 heteroatoms. The summed E-state index contributed by atoms with van der Waals surface area (Å²) in [6.45, 7) is 9.32. The lowest BCUT2D eigenvalue weighted by atomic mass is 10.0. The average molecular weight is 348 g/mol. The van der Waals surface area contributed by atoms with Gasteiger partial charge in [0.05, 0.1) is 13.2 Å². The van der Waals surface area contributed by atoms with Gasteiger partial charge in [0.2, 0.25) is 5.78 Å². The Kier molecular flexibility index (Phi) is 5.09. The summed E-state index contributed by atoms with van der Waals surface area (Å²) in [6.07, 6.45) is 0. The SMILES string of the molecule is Cc1cc(C(=O)[C@@H](C)[NH+]2CCOCC2)c(C)n1-c1ccc(Cl)cc1. The monoisotopic (exact) mass is 347 g/mol. The summed E-state index contributed by atoms with van der Waals surface area (Å²) < 4.78 is 7.52.